The maximum Gasteiger partial charge on any atom is 0.315 e. The van der Waals surface area contributed by atoms with Crippen LogP contribution in [0.25, 0.3) is 0 Å². The van der Waals surface area contributed by atoms with E-state index in [1.807, 2.05) is 13.8 Å². The van der Waals surface area contributed by atoms with Crippen LogP contribution in [0.15, 0.2) is 0 Å². The molecule has 0 aromatic carbocycles. The lowest BCUT2D eigenvalue weighted by molar-refractivity contribution is -0.137. The molecule has 6 nitrogen and oxygen atoms in total. The molecule has 0 spiro atoms. The van der Waals surface area contributed by atoms with Crippen molar-refractivity contribution in [1.82, 2.24) is 15.5 Å². The summed E-state index contributed by atoms with van der Waals surface area (Å²) >= 11 is 0. The Morgan fingerprint density at radius 2 is 1.57 bits per heavy atom. The largest absolute Gasteiger partial charge is 0.481 e. The van der Waals surface area contributed by atoms with Gasteiger partial charge >= 0.3 is 12.0 Å². The molecule has 0 rings (SSSR count). The molecule has 0 aliphatic heterocycles. The third-order valence-corrected chi connectivity index (χ3v) is 3.55. The number of carbonyl (C=O) groups excluding carboxylic acids is 1. The Labute approximate surface area is 128 Å². The van der Waals surface area contributed by atoms with E-state index < -0.39 is 5.97 Å². The molecule has 2 unspecified atom stereocenters. The van der Waals surface area contributed by atoms with Crippen molar-refractivity contribution in [3.63, 3.8) is 0 Å². The fraction of sp³-hybridized carbons (Fsp3) is 0.867. The standard InChI is InChI=1S/C15H31N3O3/c1-5-18(6-2)11-7-8-12(3)16-15(21)17-13(4)9-10-14(19)20/h12-13H,5-11H2,1-4H3,(H,19,20)(H2,16,17,21). The van der Waals surface area contributed by atoms with Crippen LogP contribution >= 0.6 is 0 Å². The molecule has 0 aromatic heterocycles. The fourth-order valence-corrected chi connectivity index (χ4v) is 2.13. The van der Waals surface area contributed by atoms with Gasteiger partial charge in [0.25, 0.3) is 0 Å². The average molecular weight is 301 g/mol. The maximum absolute atomic E-state index is 11.7. The van der Waals surface area contributed by atoms with E-state index in [1.165, 1.54) is 0 Å². The van der Waals surface area contributed by atoms with Gasteiger partial charge in [0.2, 0.25) is 0 Å². The van der Waals surface area contributed by atoms with Crippen LogP contribution in [0, 0.1) is 0 Å². The predicted octanol–water partition coefficient (Wildman–Crippen LogP) is 2.05. The van der Waals surface area contributed by atoms with Crippen molar-refractivity contribution in [1.29, 1.82) is 0 Å². The number of nitrogens with one attached hydrogen (secondary N) is 2. The highest BCUT2D eigenvalue weighted by molar-refractivity contribution is 5.74. The second-order valence-electron chi connectivity index (χ2n) is 5.52. The van der Waals surface area contributed by atoms with Gasteiger partial charge in [-0.1, -0.05) is 13.8 Å². The molecule has 0 heterocycles. The molecule has 0 saturated carbocycles. The first-order valence-electron chi connectivity index (χ1n) is 7.90. The minimum absolute atomic E-state index is 0.0703. The third-order valence-electron chi connectivity index (χ3n) is 3.55. The normalized spacial score (nSPS) is 13.8. The molecule has 124 valence electrons. The van der Waals surface area contributed by atoms with E-state index in [2.05, 4.69) is 29.4 Å². The van der Waals surface area contributed by atoms with Crippen LogP contribution in [0.5, 0.6) is 0 Å². The Balaban J connectivity index is 3.80. The number of rotatable bonds is 11. The molecule has 21 heavy (non-hydrogen) atoms. The van der Waals surface area contributed by atoms with Crippen molar-refractivity contribution in [3.05, 3.63) is 0 Å². The molecule has 2 atom stereocenters. The number of carboxylic acid groups (broad SMARTS) is 1. The molecule has 0 aliphatic rings. The van der Waals surface area contributed by atoms with Gasteiger partial charge in [0.1, 0.15) is 0 Å². The first-order valence-corrected chi connectivity index (χ1v) is 7.90. The molecular formula is C15H31N3O3. The van der Waals surface area contributed by atoms with Crippen molar-refractivity contribution in [3.8, 4) is 0 Å². The summed E-state index contributed by atoms with van der Waals surface area (Å²) in [4.78, 5) is 24.6. The highest BCUT2D eigenvalue weighted by Crippen LogP contribution is 2.00. The van der Waals surface area contributed by atoms with Crippen molar-refractivity contribution >= 4 is 12.0 Å². The Morgan fingerprint density at radius 1 is 1.05 bits per heavy atom. The van der Waals surface area contributed by atoms with Crippen molar-refractivity contribution < 1.29 is 14.7 Å². The minimum Gasteiger partial charge on any atom is -0.481 e. The number of hydrogen-bond acceptors (Lipinski definition) is 3. The zero-order valence-electron chi connectivity index (χ0n) is 13.8. The molecule has 0 aromatic rings. The second kappa shape index (κ2) is 11.4. The Morgan fingerprint density at radius 3 is 2.05 bits per heavy atom. The summed E-state index contributed by atoms with van der Waals surface area (Å²) in [5.74, 6) is -0.839. The quantitative estimate of drug-likeness (QED) is 0.545. The molecule has 6 heteroatoms. The lowest BCUT2D eigenvalue weighted by atomic mass is 10.1. The first kappa shape index (κ1) is 19.7. The first-order chi connectivity index (χ1) is 9.88. The second-order valence-corrected chi connectivity index (χ2v) is 5.52. The molecule has 0 saturated heterocycles. The van der Waals surface area contributed by atoms with Gasteiger partial charge in [-0.15, -0.1) is 0 Å². The Hall–Kier alpha value is -1.30. The van der Waals surface area contributed by atoms with Gasteiger partial charge in [-0.25, -0.2) is 4.79 Å². The van der Waals surface area contributed by atoms with Crippen LogP contribution in [-0.2, 0) is 4.79 Å². The molecule has 0 aliphatic carbocycles. The Kier molecular flexibility index (Phi) is 10.7. The van der Waals surface area contributed by atoms with Crippen molar-refractivity contribution in [2.45, 2.75) is 65.5 Å². The van der Waals surface area contributed by atoms with Gasteiger partial charge in [-0.3, -0.25) is 4.79 Å². The van der Waals surface area contributed by atoms with Gasteiger partial charge in [0.15, 0.2) is 0 Å². The van der Waals surface area contributed by atoms with E-state index in [0.29, 0.717) is 6.42 Å². The van der Waals surface area contributed by atoms with Crippen LogP contribution < -0.4 is 10.6 Å². The van der Waals surface area contributed by atoms with E-state index >= 15 is 0 Å². The number of hydrogen-bond donors (Lipinski definition) is 3. The Bertz CT molecular complexity index is 307. The third kappa shape index (κ3) is 11.1. The van der Waals surface area contributed by atoms with Crippen LogP contribution in [-0.4, -0.2) is 53.7 Å². The van der Waals surface area contributed by atoms with E-state index in [1.54, 1.807) is 0 Å². The van der Waals surface area contributed by atoms with Crippen molar-refractivity contribution in [2.75, 3.05) is 19.6 Å². The summed E-state index contributed by atoms with van der Waals surface area (Å²) in [6.45, 7) is 11.3. The molecule has 2 amide bonds. The number of carboxylic acids is 1. The summed E-state index contributed by atoms with van der Waals surface area (Å²) < 4.78 is 0. The predicted molar refractivity (Wildman–Crippen MR) is 84.5 cm³/mol. The van der Waals surface area contributed by atoms with E-state index in [0.717, 1.165) is 32.5 Å². The lowest BCUT2D eigenvalue weighted by Gasteiger charge is -2.20. The van der Waals surface area contributed by atoms with Gasteiger partial charge in [-0.2, -0.15) is 0 Å². The van der Waals surface area contributed by atoms with Crippen LogP contribution in [0.4, 0.5) is 4.79 Å². The fourth-order valence-electron chi connectivity index (χ4n) is 2.13. The molecule has 3 N–H and O–H groups in total. The highest BCUT2D eigenvalue weighted by atomic mass is 16.4. The van der Waals surface area contributed by atoms with E-state index in [-0.39, 0.29) is 24.5 Å². The maximum atomic E-state index is 11.7. The molecule has 0 radical (unpaired) electrons. The smallest absolute Gasteiger partial charge is 0.315 e. The summed E-state index contributed by atoms with van der Waals surface area (Å²) in [7, 11) is 0. The van der Waals surface area contributed by atoms with Gasteiger partial charge < -0.3 is 20.6 Å². The van der Waals surface area contributed by atoms with Gasteiger partial charge in [-0.05, 0) is 52.7 Å². The number of nitrogens with zero attached hydrogens (tertiary/aromatic N) is 1. The minimum atomic E-state index is -0.839. The summed E-state index contributed by atoms with van der Waals surface area (Å²) in [5, 5.41) is 14.2. The lowest BCUT2D eigenvalue weighted by Crippen LogP contribution is -2.44. The number of aliphatic carboxylic acids is 1. The zero-order chi connectivity index (χ0) is 16.3. The topological polar surface area (TPSA) is 81.7 Å². The highest BCUT2D eigenvalue weighted by Gasteiger charge is 2.11. The van der Waals surface area contributed by atoms with Crippen LogP contribution in [0.3, 0.4) is 0 Å². The van der Waals surface area contributed by atoms with Crippen molar-refractivity contribution in [2.24, 2.45) is 0 Å². The van der Waals surface area contributed by atoms with Crippen LogP contribution in [0.2, 0.25) is 0 Å². The average Bonchev–Trinajstić information content (AvgIpc) is 2.41. The number of carbonyl (C=O) groups is 2. The molecular weight excluding hydrogens is 270 g/mol. The van der Waals surface area contributed by atoms with E-state index in [9.17, 15) is 9.59 Å². The van der Waals surface area contributed by atoms with Crippen LogP contribution in [0.1, 0.15) is 53.4 Å². The summed E-state index contributed by atoms with van der Waals surface area (Å²) in [6.07, 6.45) is 2.51. The summed E-state index contributed by atoms with van der Waals surface area (Å²) in [6, 6.07) is -0.237. The summed E-state index contributed by atoms with van der Waals surface area (Å²) in [5.41, 5.74) is 0. The SMILES string of the molecule is CCN(CC)CCCC(C)NC(=O)NC(C)CCC(=O)O. The number of urea groups is 1. The zero-order valence-corrected chi connectivity index (χ0v) is 13.8. The van der Waals surface area contributed by atoms with E-state index in [4.69, 9.17) is 5.11 Å². The molecule has 0 bridgehead atoms. The van der Waals surface area contributed by atoms with Gasteiger partial charge in [0, 0.05) is 18.5 Å². The van der Waals surface area contributed by atoms with Gasteiger partial charge in [0.05, 0.1) is 0 Å². The molecule has 0 fully saturated rings. The number of amides is 2. The monoisotopic (exact) mass is 301 g/mol.